The van der Waals surface area contributed by atoms with Crippen LogP contribution in [0.4, 0.5) is 5.69 Å². The molecule has 1 aromatic carbocycles. The van der Waals surface area contributed by atoms with Gasteiger partial charge in [-0.1, -0.05) is 12.1 Å². The zero-order chi connectivity index (χ0) is 9.80. The lowest BCUT2D eigenvalue weighted by molar-refractivity contribution is 0.589. The fraction of sp³-hybridized carbons (Fsp3) is 0.455. The number of hydrogen-bond donors (Lipinski definition) is 2. The smallest absolute Gasteiger partial charge is 0.0367 e. The third-order valence-corrected chi connectivity index (χ3v) is 2.65. The molecule has 3 nitrogen and oxygen atoms in total. The molecule has 1 saturated heterocycles. The van der Waals surface area contributed by atoms with Gasteiger partial charge in [0.05, 0.1) is 0 Å². The van der Waals surface area contributed by atoms with Gasteiger partial charge < -0.3 is 16.0 Å². The number of benzene rings is 1. The molecular weight excluding hydrogens is 210 g/mol. The van der Waals surface area contributed by atoms with Gasteiger partial charge in [-0.15, -0.1) is 12.4 Å². The van der Waals surface area contributed by atoms with E-state index in [0.29, 0.717) is 6.54 Å². The van der Waals surface area contributed by atoms with Gasteiger partial charge in [0.15, 0.2) is 0 Å². The molecule has 1 aliphatic heterocycles. The van der Waals surface area contributed by atoms with Crippen molar-refractivity contribution in [3.05, 3.63) is 29.8 Å². The number of nitrogens with two attached hydrogens (primary N) is 1. The molecule has 1 heterocycles. The lowest BCUT2D eigenvalue weighted by atomic mass is 10.2. The maximum absolute atomic E-state index is 5.55. The first kappa shape index (κ1) is 12.3. The summed E-state index contributed by atoms with van der Waals surface area (Å²) in [5, 5.41) is 3.35. The van der Waals surface area contributed by atoms with Crippen LogP contribution in [-0.4, -0.2) is 26.2 Å². The van der Waals surface area contributed by atoms with Crippen LogP contribution in [0.25, 0.3) is 0 Å². The number of rotatable bonds is 2. The fourth-order valence-electron chi connectivity index (χ4n) is 1.77. The van der Waals surface area contributed by atoms with E-state index in [2.05, 4.69) is 34.5 Å². The average molecular weight is 228 g/mol. The summed E-state index contributed by atoms with van der Waals surface area (Å²) in [5.74, 6) is 0. The summed E-state index contributed by atoms with van der Waals surface area (Å²) < 4.78 is 0. The summed E-state index contributed by atoms with van der Waals surface area (Å²) in [5.41, 5.74) is 8.06. The van der Waals surface area contributed by atoms with Crippen LogP contribution in [0.3, 0.4) is 0 Å². The third kappa shape index (κ3) is 3.09. The van der Waals surface area contributed by atoms with Gasteiger partial charge in [-0.2, -0.15) is 0 Å². The molecular formula is C11H18ClN3. The quantitative estimate of drug-likeness (QED) is 0.792. The van der Waals surface area contributed by atoms with Gasteiger partial charge in [-0.3, -0.25) is 0 Å². The molecule has 3 N–H and O–H groups in total. The van der Waals surface area contributed by atoms with E-state index in [9.17, 15) is 0 Å². The van der Waals surface area contributed by atoms with E-state index in [-0.39, 0.29) is 12.4 Å². The van der Waals surface area contributed by atoms with Crippen LogP contribution in [0, 0.1) is 0 Å². The number of halogens is 1. The van der Waals surface area contributed by atoms with Gasteiger partial charge in [-0.05, 0) is 17.7 Å². The van der Waals surface area contributed by atoms with Crippen LogP contribution in [0.1, 0.15) is 5.56 Å². The Labute approximate surface area is 97.1 Å². The molecule has 2 rings (SSSR count). The molecule has 15 heavy (non-hydrogen) atoms. The maximum Gasteiger partial charge on any atom is 0.0367 e. The monoisotopic (exact) mass is 227 g/mol. The molecule has 0 spiro atoms. The maximum atomic E-state index is 5.55. The van der Waals surface area contributed by atoms with Gasteiger partial charge in [0.2, 0.25) is 0 Å². The number of nitrogens with one attached hydrogen (secondary N) is 1. The molecule has 1 aliphatic rings. The average Bonchev–Trinajstić information content (AvgIpc) is 2.30. The molecule has 0 atom stereocenters. The molecule has 1 fully saturated rings. The van der Waals surface area contributed by atoms with E-state index in [0.717, 1.165) is 26.2 Å². The highest BCUT2D eigenvalue weighted by atomic mass is 35.5. The van der Waals surface area contributed by atoms with Crippen LogP contribution in [0.5, 0.6) is 0 Å². The second kappa shape index (κ2) is 5.95. The van der Waals surface area contributed by atoms with E-state index in [1.807, 2.05) is 0 Å². The summed E-state index contributed by atoms with van der Waals surface area (Å²) in [4.78, 5) is 2.40. The molecule has 0 aromatic heterocycles. The van der Waals surface area contributed by atoms with Crippen LogP contribution in [-0.2, 0) is 6.54 Å². The topological polar surface area (TPSA) is 41.3 Å². The molecule has 1 aromatic rings. The van der Waals surface area contributed by atoms with E-state index < -0.39 is 0 Å². The number of hydrogen-bond acceptors (Lipinski definition) is 3. The van der Waals surface area contributed by atoms with E-state index in [4.69, 9.17) is 5.73 Å². The standard InChI is InChI=1S/C11H17N3.ClH/c12-9-10-1-3-11(4-2-10)14-7-5-13-6-8-14;/h1-4,13H,5-9,12H2;1H. The summed E-state index contributed by atoms with van der Waals surface area (Å²) >= 11 is 0. The van der Waals surface area contributed by atoms with Crippen molar-refractivity contribution in [3.8, 4) is 0 Å². The van der Waals surface area contributed by atoms with Crippen molar-refractivity contribution in [1.82, 2.24) is 5.32 Å². The second-order valence-electron chi connectivity index (χ2n) is 3.61. The zero-order valence-corrected chi connectivity index (χ0v) is 9.59. The van der Waals surface area contributed by atoms with Gasteiger partial charge >= 0.3 is 0 Å². The molecule has 0 unspecified atom stereocenters. The summed E-state index contributed by atoms with van der Waals surface area (Å²) in [6.07, 6.45) is 0. The van der Waals surface area contributed by atoms with Crippen molar-refractivity contribution < 1.29 is 0 Å². The van der Waals surface area contributed by atoms with E-state index in [1.54, 1.807) is 0 Å². The van der Waals surface area contributed by atoms with Crippen molar-refractivity contribution in [2.45, 2.75) is 6.54 Å². The largest absolute Gasteiger partial charge is 0.369 e. The predicted molar refractivity (Wildman–Crippen MR) is 66.7 cm³/mol. The Kier molecular flexibility index (Phi) is 4.88. The van der Waals surface area contributed by atoms with Crippen molar-refractivity contribution >= 4 is 18.1 Å². The first-order valence-electron chi connectivity index (χ1n) is 5.15. The minimum absolute atomic E-state index is 0. The summed E-state index contributed by atoms with van der Waals surface area (Å²) in [7, 11) is 0. The molecule has 0 saturated carbocycles. The van der Waals surface area contributed by atoms with Crippen molar-refractivity contribution in [1.29, 1.82) is 0 Å². The van der Waals surface area contributed by atoms with Gasteiger partial charge in [0, 0.05) is 38.4 Å². The Bertz CT molecular complexity index is 280. The SMILES string of the molecule is Cl.NCc1ccc(N2CCNCC2)cc1. The Morgan fingerprint density at radius 2 is 1.73 bits per heavy atom. The van der Waals surface area contributed by atoms with Crippen LogP contribution >= 0.6 is 12.4 Å². The van der Waals surface area contributed by atoms with Crippen LogP contribution in [0.15, 0.2) is 24.3 Å². The molecule has 0 radical (unpaired) electrons. The fourth-order valence-corrected chi connectivity index (χ4v) is 1.77. The lowest BCUT2D eigenvalue weighted by Gasteiger charge is -2.29. The molecule has 0 amide bonds. The predicted octanol–water partition coefficient (Wildman–Crippen LogP) is 0.977. The highest BCUT2D eigenvalue weighted by molar-refractivity contribution is 5.85. The number of nitrogens with zero attached hydrogens (tertiary/aromatic N) is 1. The first-order chi connectivity index (χ1) is 6.90. The van der Waals surface area contributed by atoms with Gasteiger partial charge in [0.25, 0.3) is 0 Å². The molecule has 0 aliphatic carbocycles. The van der Waals surface area contributed by atoms with Gasteiger partial charge in [0.1, 0.15) is 0 Å². The van der Waals surface area contributed by atoms with Crippen molar-refractivity contribution in [2.24, 2.45) is 5.73 Å². The summed E-state index contributed by atoms with van der Waals surface area (Å²) in [6, 6.07) is 8.54. The highest BCUT2D eigenvalue weighted by Crippen LogP contribution is 2.15. The van der Waals surface area contributed by atoms with E-state index >= 15 is 0 Å². The normalized spacial score (nSPS) is 15.9. The van der Waals surface area contributed by atoms with Crippen molar-refractivity contribution in [3.63, 3.8) is 0 Å². The molecule has 84 valence electrons. The Morgan fingerprint density at radius 1 is 1.13 bits per heavy atom. The number of piperazine rings is 1. The zero-order valence-electron chi connectivity index (χ0n) is 8.78. The Morgan fingerprint density at radius 3 is 2.27 bits per heavy atom. The minimum Gasteiger partial charge on any atom is -0.369 e. The third-order valence-electron chi connectivity index (χ3n) is 2.65. The molecule has 0 bridgehead atoms. The van der Waals surface area contributed by atoms with Crippen LogP contribution < -0.4 is 16.0 Å². The molecule has 4 heteroatoms. The number of anilines is 1. The van der Waals surface area contributed by atoms with Crippen LogP contribution in [0.2, 0.25) is 0 Å². The lowest BCUT2D eigenvalue weighted by Crippen LogP contribution is -2.43. The Hall–Kier alpha value is -0.770. The summed E-state index contributed by atoms with van der Waals surface area (Å²) in [6.45, 7) is 4.99. The van der Waals surface area contributed by atoms with E-state index in [1.165, 1.54) is 11.3 Å². The highest BCUT2D eigenvalue weighted by Gasteiger charge is 2.09. The van der Waals surface area contributed by atoms with Crippen molar-refractivity contribution in [2.75, 3.05) is 31.1 Å². The van der Waals surface area contributed by atoms with Gasteiger partial charge in [-0.25, -0.2) is 0 Å². The second-order valence-corrected chi connectivity index (χ2v) is 3.61. The minimum atomic E-state index is 0. The first-order valence-corrected chi connectivity index (χ1v) is 5.15. The Balaban J connectivity index is 0.00000112.